The van der Waals surface area contributed by atoms with Crippen LogP contribution in [0, 0.1) is 6.10 Å². The molecule has 0 bridgehead atoms. The van der Waals surface area contributed by atoms with Crippen LogP contribution < -0.4 is 0 Å². The number of aliphatic hydroxyl groups excluding tert-OH is 4. The van der Waals surface area contributed by atoms with Crippen molar-refractivity contribution < 1.29 is 20.4 Å². The van der Waals surface area contributed by atoms with E-state index in [1.807, 2.05) is 0 Å². The van der Waals surface area contributed by atoms with Gasteiger partial charge in [-0.15, -0.1) is 0 Å². The Kier molecular flexibility index (Phi) is 6.28. The molecule has 95 valence electrons. The maximum Gasteiger partial charge on any atom is 0.0935 e. The van der Waals surface area contributed by atoms with Gasteiger partial charge in [0.15, 0.2) is 0 Å². The summed E-state index contributed by atoms with van der Waals surface area (Å²) >= 11 is 0. The van der Waals surface area contributed by atoms with Crippen molar-refractivity contribution in [1.82, 2.24) is 0 Å². The second kappa shape index (κ2) is 7.22. The van der Waals surface area contributed by atoms with Crippen LogP contribution >= 0.6 is 0 Å². The van der Waals surface area contributed by atoms with Crippen LogP contribution in [0.2, 0.25) is 0 Å². The summed E-state index contributed by atoms with van der Waals surface area (Å²) in [6.07, 6.45) is 3.35. The number of hydrogen-bond donors (Lipinski definition) is 4. The van der Waals surface area contributed by atoms with Gasteiger partial charge in [-0.05, 0) is 51.4 Å². The van der Waals surface area contributed by atoms with Gasteiger partial charge in [-0.25, -0.2) is 0 Å². The van der Waals surface area contributed by atoms with Crippen LogP contribution in [0.3, 0.4) is 0 Å². The lowest BCUT2D eigenvalue weighted by atomic mass is 9.95. The quantitative estimate of drug-likeness (QED) is 0.503. The largest absolute Gasteiger partial charge is 0.393 e. The summed E-state index contributed by atoms with van der Waals surface area (Å²) in [7, 11) is 0. The fraction of sp³-hybridized carbons (Fsp3) is 0.917. The van der Waals surface area contributed by atoms with E-state index in [9.17, 15) is 20.4 Å². The van der Waals surface area contributed by atoms with Gasteiger partial charge in [0.2, 0.25) is 0 Å². The lowest BCUT2D eigenvalue weighted by Gasteiger charge is -2.19. The minimum Gasteiger partial charge on any atom is -0.393 e. The molecule has 2 unspecified atom stereocenters. The van der Waals surface area contributed by atoms with Crippen LogP contribution in [0.25, 0.3) is 0 Å². The zero-order chi connectivity index (χ0) is 12.0. The zero-order valence-electron chi connectivity index (χ0n) is 9.68. The molecule has 0 aromatic carbocycles. The Morgan fingerprint density at radius 1 is 0.625 bits per heavy atom. The van der Waals surface area contributed by atoms with Crippen LogP contribution in [0.1, 0.15) is 51.4 Å². The third kappa shape index (κ3) is 5.80. The van der Waals surface area contributed by atoms with E-state index >= 15 is 0 Å². The van der Waals surface area contributed by atoms with Gasteiger partial charge >= 0.3 is 0 Å². The predicted octanol–water partition coefficient (Wildman–Crippen LogP) is 1.11. The molecule has 0 aromatic rings. The summed E-state index contributed by atoms with van der Waals surface area (Å²) < 4.78 is 0. The lowest BCUT2D eigenvalue weighted by Crippen LogP contribution is -2.18. The Morgan fingerprint density at radius 3 is 1.31 bits per heavy atom. The number of rotatable bonds is 0. The second-order valence-corrected chi connectivity index (χ2v) is 4.76. The summed E-state index contributed by atoms with van der Waals surface area (Å²) in [4.78, 5) is 0. The van der Waals surface area contributed by atoms with E-state index in [1.165, 1.54) is 0 Å². The molecular weight excluding hydrogens is 208 g/mol. The van der Waals surface area contributed by atoms with E-state index in [0.717, 1.165) is 0 Å². The molecule has 0 heterocycles. The highest BCUT2D eigenvalue weighted by Crippen LogP contribution is 2.21. The first kappa shape index (κ1) is 13.9. The molecule has 1 rings (SSSR count). The summed E-state index contributed by atoms with van der Waals surface area (Å²) in [5.74, 6) is 0. The standard InChI is InChI=1S/C12H23O4/c13-9-1-2-10(14)5-6-12(16)8-7-11(15)4-3-9/h9-11,13-16H,1-8H2. The fourth-order valence-electron chi connectivity index (χ4n) is 1.99. The Balaban J connectivity index is 2.39. The summed E-state index contributed by atoms with van der Waals surface area (Å²) in [6, 6.07) is 0. The lowest BCUT2D eigenvalue weighted by molar-refractivity contribution is 0.0721. The minimum atomic E-state index is -0.443. The monoisotopic (exact) mass is 231 g/mol. The zero-order valence-corrected chi connectivity index (χ0v) is 9.68. The molecule has 4 nitrogen and oxygen atoms in total. The Hall–Kier alpha value is -0.160. The first-order chi connectivity index (χ1) is 7.58. The average Bonchev–Trinajstić information content (AvgIpc) is 2.27. The molecule has 0 aromatic heterocycles. The van der Waals surface area contributed by atoms with Crippen LogP contribution in [0.15, 0.2) is 0 Å². The van der Waals surface area contributed by atoms with Gasteiger partial charge in [-0.1, -0.05) is 0 Å². The summed E-state index contributed by atoms with van der Waals surface area (Å²) in [6.45, 7) is 0. The molecule has 1 aliphatic carbocycles. The van der Waals surface area contributed by atoms with E-state index in [4.69, 9.17) is 0 Å². The smallest absolute Gasteiger partial charge is 0.0935 e. The normalized spacial score (nSPS) is 36.4. The van der Waals surface area contributed by atoms with Crippen LogP contribution in [-0.2, 0) is 0 Å². The van der Waals surface area contributed by atoms with Crippen molar-refractivity contribution in [2.45, 2.75) is 69.7 Å². The second-order valence-electron chi connectivity index (χ2n) is 4.76. The highest BCUT2D eigenvalue weighted by molar-refractivity contribution is 4.79. The van der Waals surface area contributed by atoms with Crippen molar-refractivity contribution >= 4 is 0 Å². The highest BCUT2D eigenvalue weighted by atomic mass is 16.3. The Labute approximate surface area is 96.9 Å². The van der Waals surface area contributed by atoms with Gasteiger partial charge in [0.1, 0.15) is 0 Å². The van der Waals surface area contributed by atoms with E-state index in [1.54, 1.807) is 0 Å². The van der Waals surface area contributed by atoms with Gasteiger partial charge in [-0.3, -0.25) is 0 Å². The van der Waals surface area contributed by atoms with Gasteiger partial charge in [0.05, 0.1) is 24.4 Å². The number of aliphatic hydroxyl groups is 4. The van der Waals surface area contributed by atoms with Gasteiger partial charge in [0.25, 0.3) is 0 Å². The van der Waals surface area contributed by atoms with Crippen LogP contribution in [-0.4, -0.2) is 38.7 Å². The number of hydrogen-bond acceptors (Lipinski definition) is 4. The molecule has 2 atom stereocenters. The molecule has 1 radical (unpaired) electrons. The minimum absolute atomic E-state index is 0.360. The highest BCUT2D eigenvalue weighted by Gasteiger charge is 2.17. The van der Waals surface area contributed by atoms with Crippen molar-refractivity contribution in [2.24, 2.45) is 0 Å². The van der Waals surface area contributed by atoms with Gasteiger partial charge in [-0.2, -0.15) is 0 Å². The van der Waals surface area contributed by atoms with Crippen molar-refractivity contribution in [2.75, 3.05) is 0 Å². The van der Waals surface area contributed by atoms with Crippen molar-refractivity contribution in [3.05, 3.63) is 6.10 Å². The summed E-state index contributed by atoms with van der Waals surface area (Å²) in [5, 5.41) is 38.3. The predicted molar refractivity (Wildman–Crippen MR) is 60.1 cm³/mol. The molecule has 4 heteroatoms. The SMILES string of the molecule is O[C]1CCC(O)CCC(O)CCC(O)CC1. The van der Waals surface area contributed by atoms with Crippen LogP contribution in [0.4, 0.5) is 0 Å². The van der Waals surface area contributed by atoms with Crippen LogP contribution in [0.5, 0.6) is 0 Å². The van der Waals surface area contributed by atoms with Gasteiger partial charge < -0.3 is 20.4 Å². The first-order valence-corrected chi connectivity index (χ1v) is 6.15. The van der Waals surface area contributed by atoms with E-state index in [0.29, 0.717) is 57.5 Å². The van der Waals surface area contributed by atoms with E-state index in [2.05, 4.69) is 0 Å². The Bertz CT molecular complexity index is 130. The molecule has 16 heavy (non-hydrogen) atoms. The molecule has 1 aliphatic rings. The molecule has 0 amide bonds. The molecule has 4 N–H and O–H groups in total. The third-order valence-corrected chi connectivity index (χ3v) is 3.20. The molecule has 1 saturated carbocycles. The molecule has 0 spiro atoms. The summed E-state index contributed by atoms with van der Waals surface area (Å²) in [5.41, 5.74) is 0. The third-order valence-electron chi connectivity index (χ3n) is 3.20. The first-order valence-electron chi connectivity index (χ1n) is 6.15. The van der Waals surface area contributed by atoms with E-state index in [-0.39, 0.29) is 0 Å². The Morgan fingerprint density at radius 2 is 0.938 bits per heavy atom. The fourth-order valence-corrected chi connectivity index (χ4v) is 1.99. The molecule has 0 aliphatic heterocycles. The maximum absolute atomic E-state index is 9.60. The van der Waals surface area contributed by atoms with E-state index < -0.39 is 18.3 Å². The molecular formula is C12H23O4. The van der Waals surface area contributed by atoms with Gasteiger partial charge in [0, 0.05) is 0 Å². The average molecular weight is 231 g/mol. The van der Waals surface area contributed by atoms with Crippen molar-refractivity contribution in [3.63, 3.8) is 0 Å². The molecule has 0 saturated heterocycles. The van der Waals surface area contributed by atoms with Crippen molar-refractivity contribution in [3.8, 4) is 0 Å². The van der Waals surface area contributed by atoms with Crippen molar-refractivity contribution in [1.29, 1.82) is 0 Å². The molecule has 1 fully saturated rings. The maximum atomic E-state index is 9.60. The topological polar surface area (TPSA) is 80.9 Å².